The van der Waals surface area contributed by atoms with Crippen LogP contribution < -0.4 is 11.5 Å². The van der Waals surface area contributed by atoms with E-state index in [4.69, 9.17) is 16.7 Å². The molecule has 0 spiro atoms. The van der Waals surface area contributed by atoms with Gasteiger partial charge in [0.15, 0.2) is 11.5 Å². The van der Waals surface area contributed by atoms with Crippen LogP contribution in [0.15, 0.2) is 17.4 Å². The fourth-order valence-corrected chi connectivity index (χ4v) is 3.54. The van der Waals surface area contributed by atoms with Gasteiger partial charge in [-0.15, -0.1) is 0 Å². The average molecular weight is 302 g/mol. The highest BCUT2D eigenvalue weighted by molar-refractivity contribution is 6.06. The SMILES string of the molecule is CC(C1CCCCC1)n1c(N)nc2nccc(/C(N)=N/O)c21. The minimum Gasteiger partial charge on any atom is -0.409 e. The standard InChI is InChI=1S/C15H22N6O/c1-9(10-5-3-2-4-6-10)21-12-11(13(16)20-22)7-8-18-14(12)19-15(21)17/h7-10,22H,2-6H2,1H3,(H2,16,20)(H2,17,18,19). The first-order valence-electron chi connectivity index (χ1n) is 7.73. The predicted octanol–water partition coefficient (Wildman–Crippen LogP) is 2.25. The van der Waals surface area contributed by atoms with Crippen LogP contribution in [0.5, 0.6) is 0 Å². The Hall–Kier alpha value is -2.31. The number of hydrogen-bond donors (Lipinski definition) is 3. The van der Waals surface area contributed by atoms with Crippen LogP contribution >= 0.6 is 0 Å². The van der Waals surface area contributed by atoms with Gasteiger partial charge in [-0.3, -0.25) is 0 Å². The molecule has 7 nitrogen and oxygen atoms in total. The number of fused-ring (bicyclic) bond motifs is 1. The van der Waals surface area contributed by atoms with E-state index < -0.39 is 0 Å². The number of hydrogen-bond acceptors (Lipinski definition) is 5. The van der Waals surface area contributed by atoms with Crippen molar-refractivity contribution in [3.63, 3.8) is 0 Å². The Bertz CT molecular complexity index is 701. The summed E-state index contributed by atoms with van der Waals surface area (Å²) in [5.41, 5.74) is 13.8. The van der Waals surface area contributed by atoms with E-state index in [0.717, 1.165) is 5.52 Å². The minimum absolute atomic E-state index is 0.0457. The zero-order valence-corrected chi connectivity index (χ0v) is 12.7. The Morgan fingerprint density at radius 1 is 1.41 bits per heavy atom. The van der Waals surface area contributed by atoms with Crippen LogP contribution in [0.4, 0.5) is 5.95 Å². The van der Waals surface area contributed by atoms with E-state index in [-0.39, 0.29) is 11.9 Å². The fraction of sp³-hybridized carbons (Fsp3) is 0.533. The lowest BCUT2D eigenvalue weighted by Crippen LogP contribution is -2.22. The molecule has 22 heavy (non-hydrogen) atoms. The molecule has 5 N–H and O–H groups in total. The van der Waals surface area contributed by atoms with Gasteiger partial charge in [0.25, 0.3) is 0 Å². The van der Waals surface area contributed by atoms with Gasteiger partial charge in [-0.1, -0.05) is 24.4 Å². The normalized spacial score (nSPS) is 18.7. The van der Waals surface area contributed by atoms with Gasteiger partial charge in [0.1, 0.15) is 5.52 Å². The molecular weight excluding hydrogens is 280 g/mol. The molecule has 118 valence electrons. The second-order valence-corrected chi connectivity index (χ2v) is 5.99. The summed E-state index contributed by atoms with van der Waals surface area (Å²) < 4.78 is 1.99. The molecular formula is C15H22N6O. The quantitative estimate of drug-likeness (QED) is 0.348. The number of nitrogens with two attached hydrogens (primary N) is 2. The molecule has 1 saturated carbocycles. The first-order valence-corrected chi connectivity index (χ1v) is 7.73. The molecule has 1 unspecified atom stereocenters. The van der Waals surface area contributed by atoms with Crippen LogP contribution in [0, 0.1) is 5.92 Å². The van der Waals surface area contributed by atoms with Crippen LogP contribution in [0.2, 0.25) is 0 Å². The lowest BCUT2D eigenvalue weighted by atomic mass is 9.84. The van der Waals surface area contributed by atoms with E-state index in [1.54, 1.807) is 12.3 Å². The van der Waals surface area contributed by atoms with Crippen molar-refractivity contribution in [2.45, 2.75) is 45.1 Å². The van der Waals surface area contributed by atoms with Gasteiger partial charge in [-0.05, 0) is 31.7 Å². The molecule has 7 heteroatoms. The van der Waals surface area contributed by atoms with Gasteiger partial charge >= 0.3 is 0 Å². The number of nitrogens with zero attached hydrogens (tertiary/aromatic N) is 4. The summed E-state index contributed by atoms with van der Waals surface area (Å²) in [6.07, 6.45) is 7.80. The van der Waals surface area contributed by atoms with E-state index >= 15 is 0 Å². The maximum absolute atomic E-state index is 9.01. The van der Waals surface area contributed by atoms with Crippen LogP contribution in [-0.2, 0) is 0 Å². The van der Waals surface area contributed by atoms with Crippen LogP contribution in [0.1, 0.15) is 50.6 Å². The lowest BCUT2D eigenvalue weighted by molar-refractivity contribution is 0.269. The van der Waals surface area contributed by atoms with Crippen molar-refractivity contribution in [3.8, 4) is 0 Å². The summed E-state index contributed by atoms with van der Waals surface area (Å²) in [7, 11) is 0. The lowest BCUT2D eigenvalue weighted by Gasteiger charge is -2.29. The smallest absolute Gasteiger partial charge is 0.203 e. The number of pyridine rings is 1. The third kappa shape index (κ3) is 2.36. The molecule has 0 aliphatic heterocycles. The van der Waals surface area contributed by atoms with Crippen molar-refractivity contribution in [1.29, 1.82) is 0 Å². The third-order valence-corrected chi connectivity index (χ3v) is 4.74. The van der Waals surface area contributed by atoms with Crippen molar-refractivity contribution in [3.05, 3.63) is 17.8 Å². The number of anilines is 1. The summed E-state index contributed by atoms with van der Waals surface area (Å²) in [6.45, 7) is 2.16. The van der Waals surface area contributed by atoms with Crippen LogP contribution in [-0.4, -0.2) is 25.6 Å². The molecule has 0 saturated heterocycles. The number of aromatic nitrogens is 3. The third-order valence-electron chi connectivity index (χ3n) is 4.74. The van der Waals surface area contributed by atoms with Crippen LogP contribution in [0.25, 0.3) is 11.2 Å². The second-order valence-electron chi connectivity index (χ2n) is 5.99. The topological polar surface area (TPSA) is 115 Å². The van der Waals surface area contributed by atoms with Gasteiger partial charge < -0.3 is 21.2 Å². The molecule has 0 aromatic carbocycles. The average Bonchev–Trinajstić information content (AvgIpc) is 2.90. The van der Waals surface area contributed by atoms with Gasteiger partial charge in [-0.25, -0.2) is 4.98 Å². The molecule has 1 aliphatic rings. The predicted molar refractivity (Wildman–Crippen MR) is 85.7 cm³/mol. The van der Waals surface area contributed by atoms with Gasteiger partial charge in [-0.2, -0.15) is 4.98 Å². The van der Waals surface area contributed by atoms with Crippen molar-refractivity contribution >= 4 is 22.9 Å². The Labute approximate surface area is 129 Å². The van der Waals surface area contributed by atoms with Crippen molar-refractivity contribution < 1.29 is 5.21 Å². The molecule has 0 radical (unpaired) electrons. The molecule has 2 aromatic heterocycles. The van der Waals surface area contributed by atoms with Gasteiger partial charge in [0, 0.05) is 17.8 Å². The molecule has 3 rings (SSSR count). The number of imidazole rings is 1. The highest BCUT2D eigenvalue weighted by atomic mass is 16.4. The summed E-state index contributed by atoms with van der Waals surface area (Å²) in [5, 5.41) is 12.1. The summed E-state index contributed by atoms with van der Waals surface area (Å²) in [5.74, 6) is 1.04. The van der Waals surface area contributed by atoms with E-state index in [2.05, 4.69) is 22.0 Å². The largest absolute Gasteiger partial charge is 0.409 e. The number of amidine groups is 1. The Kier molecular flexibility index (Phi) is 3.87. The van der Waals surface area contributed by atoms with E-state index in [9.17, 15) is 0 Å². The number of oxime groups is 1. The van der Waals surface area contributed by atoms with Gasteiger partial charge in [0.2, 0.25) is 5.95 Å². The Morgan fingerprint density at radius 2 is 2.14 bits per heavy atom. The van der Waals surface area contributed by atoms with E-state index in [1.807, 2.05) is 4.57 Å². The zero-order valence-electron chi connectivity index (χ0n) is 12.7. The van der Waals surface area contributed by atoms with E-state index in [0.29, 0.717) is 23.1 Å². The number of nitrogen functional groups attached to an aromatic ring is 1. The molecule has 2 aromatic rings. The Balaban J connectivity index is 2.13. The fourth-order valence-electron chi connectivity index (χ4n) is 3.54. The first-order chi connectivity index (χ1) is 10.6. The molecule has 1 atom stereocenters. The molecule has 0 amide bonds. The van der Waals surface area contributed by atoms with Crippen molar-refractivity contribution in [1.82, 2.24) is 14.5 Å². The highest BCUT2D eigenvalue weighted by Crippen LogP contribution is 2.36. The maximum atomic E-state index is 9.01. The van der Waals surface area contributed by atoms with Crippen LogP contribution in [0.3, 0.4) is 0 Å². The summed E-state index contributed by atoms with van der Waals surface area (Å²) >= 11 is 0. The van der Waals surface area contributed by atoms with Crippen molar-refractivity contribution in [2.24, 2.45) is 16.8 Å². The maximum Gasteiger partial charge on any atom is 0.203 e. The zero-order chi connectivity index (χ0) is 15.7. The Morgan fingerprint density at radius 3 is 2.82 bits per heavy atom. The minimum atomic E-state index is 0.0457. The molecule has 1 fully saturated rings. The van der Waals surface area contributed by atoms with Gasteiger partial charge in [0.05, 0.1) is 0 Å². The second kappa shape index (κ2) is 5.82. The number of rotatable bonds is 3. The first kappa shape index (κ1) is 14.6. The molecule has 0 bridgehead atoms. The van der Waals surface area contributed by atoms with Crippen molar-refractivity contribution in [2.75, 3.05) is 5.73 Å². The molecule has 2 heterocycles. The summed E-state index contributed by atoms with van der Waals surface area (Å²) in [6, 6.07) is 1.93. The highest BCUT2D eigenvalue weighted by Gasteiger charge is 2.26. The monoisotopic (exact) mass is 302 g/mol. The summed E-state index contributed by atoms with van der Waals surface area (Å²) in [4.78, 5) is 8.61. The molecule has 1 aliphatic carbocycles. The van der Waals surface area contributed by atoms with E-state index in [1.165, 1.54) is 32.1 Å².